The van der Waals surface area contributed by atoms with Crippen LogP contribution in [0.25, 0.3) is 0 Å². The van der Waals surface area contributed by atoms with E-state index >= 15 is 0 Å². The second-order valence-corrected chi connectivity index (χ2v) is 10.1. The molecule has 3 aromatic carbocycles. The fourth-order valence-electron chi connectivity index (χ4n) is 5.40. The van der Waals surface area contributed by atoms with Crippen molar-refractivity contribution in [3.63, 3.8) is 0 Å². The van der Waals surface area contributed by atoms with E-state index in [1.165, 1.54) is 27.8 Å². The molecule has 0 bridgehead atoms. The predicted molar refractivity (Wildman–Crippen MR) is 143 cm³/mol. The van der Waals surface area contributed by atoms with E-state index in [0.29, 0.717) is 12.2 Å². The van der Waals surface area contributed by atoms with Crippen molar-refractivity contribution in [3.8, 4) is 5.75 Å². The van der Waals surface area contributed by atoms with Crippen LogP contribution in [-0.4, -0.2) is 23.6 Å². The summed E-state index contributed by atoms with van der Waals surface area (Å²) in [6.07, 6.45) is 2.12. The minimum atomic E-state index is -0.598. The Hall–Kier alpha value is -3.31. The van der Waals surface area contributed by atoms with E-state index in [1.54, 1.807) is 0 Å². The molecule has 0 saturated carbocycles. The zero-order chi connectivity index (χ0) is 25.3. The average molecular weight is 472 g/mol. The lowest BCUT2D eigenvalue weighted by atomic mass is 9.91. The van der Waals surface area contributed by atoms with Crippen LogP contribution in [-0.2, 0) is 17.6 Å². The molecular formula is C30H37N3O2. The molecule has 2 atom stereocenters. The highest BCUT2D eigenvalue weighted by molar-refractivity contribution is 5.82. The molecule has 0 saturated heterocycles. The lowest BCUT2D eigenvalue weighted by Gasteiger charge is -2.29. The number of carbonyl (C=O) groups is 1. The van der Waals surface area contributed by atoms with Gasteiger partial charge in [-0.3, -0.25) is 4.79 Å². The van der Waals surface area contributed by atoms with E-state index in [1.807, 2.05) is 26.0 Å². The number of hydrogen-bond acceptors (Lipinski definition) is 4. The third-order valence-electron chi connectivity index (χ3n) is 7.22. The van der Waals surface area contributed by atoms with Crippen LogP contribution in [0.2, 0.25) is 0 Å². The molecule has 0 spiro atoms. The third kappa shape index (κ3) is 5.51. The average Bonchev–Trinajstić information content (AvgIpc) is 2.78. The summed E-state index contributed by atoms with van der Waals surface area (Å²) in [5.74, 6) is 0.186. The van der Waals surface area contributed by atoms with Gasteiger partial charge in [0.05, 0.1) is 12.1 Å². The lowest BCUT2D eigenvalue weighted by Crippen LogP contribution is -2.44. The summed E-state index contributed by atoms with van der Waals surface area (Å²) in [4.78, 5) is 13.1. The summed E-state index contributed by atoms with van der Waals surface area (Å²) < 4.78 is 0. The number of benzene rings is 3. The second kappa shape index (κ2) is 10.1. The topological polar surface area (TPSA) is 87.4 Å². The van der Waals surface area contributed by atoms with Gasteiger partial charge in [-0.25, -0.2) is 0 Å². The number of nitrogens with two attached hydrogens (primary N) is 1. The molecule has 1 aliphatic rings. The number of hydrogen-bond donors (Lipinski definition) is 4. The minimum Gasteiger partial charge on any atom is -0.508 e. The van der Waals surface area contributed by atoms with Gasteiger partial charge in [0.25, 0.3) is 0 Å². The van der Waals surface area contributed by atoms with Crippen molar-refractivity contribution in [2.45, 2.75) is 66.0 Å². The van der Waals surface area contributed by atoms with Crippen LogP contribution >= 0.6 is 0 Å². The Morgan fingerprint density at radius 3 is 2.29 bits per heavy atom. The van der Waals surface area contributed by atoms with Gasteiger partial charge in [0.15, 0.2) is 0 Å². The van der Waals surface area contributed by atoms with Gasteiger partial charge in [-0.1, -0.05) is 29.8 Å². The van der Waals surface area contributed by atoms with Crippen molar-refractivity contribution in [1.29, 1.82) is 0 Å². The Morgan fingerprint density at radius 1 is 1.00 bits per heavy atom. The van der Waals surface area contributed by atoms with Crippen molar-refractivity contribution in [1.82, 2.24) is 5.32 Å². The molecule has 5 N–H and O–H groups in total. The van der Waals surface area contributed by atoms with Crippen LogP contribution in [0, 0.1) is 34.6 Å². The second-order valence-electron chi connectivity index (χ2n) is 10.1. The molecule has 1 aliphatic heterocycles. The molecule has 2 unspecified atom stereocenters. The normalized spacial score (nSPS) is 15.8. The zero-order valence-corrected chi connectivity index (χ0v) is 21.5. The lowest BCUT2D eigenvalue weighted by molar-refractivity contribution is -0.123. The largest absolute Gasteiger partial charge is 0.508 e. The molecule has 3 aromatic rings. The van der Waals surface area contributed by atoms with Crippen molar-refractivity contribution in [2.75, 3.05) is 11.9 Å². The smallest absolute Gasteiger partial charge is 0.237 e. The highest BCUT2D eigenvalue weighted by Crippen LogP contribution is 2.32. The number of amides is 1. The third-order valence-corrected chi connectivity index (χ3v) is 7.22. The molecule has 0 fully saturated rings. The van der Waals surface area contributed by atoms with Gasteiger partial charge in [-0.15, -0.1) is 0 Å². The number of nitrogens with one attached hydrogen (secondary N) is 2. The van der Waals surface area contributed by atoms with Gasteiger partial charge >= 0.3 is 0 Å². The molecule has 35 heavy (non-hydrogen) atoms. The number of anilines is 1. The van der Waals surface area contributed by atoms with Crippen LogP contribution in [0.3, 0.4) is 0 Å². The van der Waals surface area contributed by atoms with Crippen molar-refractivity contribution >= 4 is 11.6 Å². The number of aromatic hydroxyl groups is 1. The monoisotopic (exact) mass is 471 g/mol. The van der Waals surface area contributed by atoms with E-state index in [2.05, 4.69) is 61.7 Å². The standard InChI is InChI=1S/C30H37N3O2/c1-17-10-18(2)25(19(3)11-17)16-27(31)30(35)33-29-8-9-32-28-7-6-22(15-26(28)29)14-24-20(4)12-23(34)13-21(24)5/h6-7,10-13,15,27,29,32,34H,8-9,14,16,31H2,1-5H3,(H,33,35). The molecule has 4 rings (SSSR count). The predicted octanol–water partition coefficient (Wildman–Crippen LogP) is 5.07. The maximum Gasteiger partial charge on any atom is 0.237 e. The maximum atomic E-state index is 13.1. The van der Waals surface area contributed by atoms with E-state index in [-0.39, 0.29) is 11.9 Å². The first kappa shape index (κ1) is 24.8. The number of aryl methyl sites for hydroxylation is 5. The number of fused-ring (bicyclic) bond motifs is 1. The van der Waals surface area contributed by atoms with Gasteiger partial charge in [-0.05, 0) is 117 Å². The summed E-state index contributed by atoms with van der Waals surface area (Å²) in [7, 11) is 0. The van der Waals surface area contributed by atoms with Crippen LogP contribution in [0.15, 0.2) is 42.5 Å². The van der Waals surface area contributed by atoms with Crippen LogP contribution < -0.4 is 16.4 Å². The van der Waals surface area contributed by atoms with Gasteiger partial charge in [0.2, 0.25) is 5.91 Å². The van der Waals surface area contributed by atoms with E-state index in [4.69, 9.17) is 5.73 Å². The molecule has 0 aromatic heterocycles. The van der Waals surface area contributed by atoms with Crippen molar-refractivity contribution < 1.29 is 9.90 Å². The molecule has 184 valence electrons. The summed E-state index contributed by atoms with van der Waals surface area (Å²) in [6, 6.07) is 13.7. The van der Waals surface area contributed by atoms with Crippen molar-refractivity contribution in [2.24, 2.45) is 5.73 Å². The molecule has 5 heteroatoms. The zero-order valence-electron chi connectivity index (χ0n) is 21.5. The maximum absolute atomic E-state index is 13.1. The Morgan fingerprint density at radius 2 is 1.63 bits per heavy atom. The number of rotatable bonds is 6. The fraction of sp³-hybridized carbons (Fsp3) is 0.367. The van der Waals surface area contributed by atoms with E-state index in [9.17, 15) is 9.90 Å². The van der Waals surface area contributed by atoms with Crippen molar-refractivity contribution in [3.05, 3.63) is 92.5 Å². The first-order valence-corrected chi connectivity index (χ1v) is 12.4. The summed E-state index contributed by atoms with van der Waals surface area (Å²) in [5.41, 5.74) is 17.9. The fourth-order valence-corrected chi connectivity index (χ4v) is 5.40. The van der Waals surface area contributed by atoms with Gasteiger partial charge < -0.3 is 21.5 Å². The van der Waals surface area contributed by atoms with Gasteiger partial charge in [0, 0.05) is 12.2 Å². The SMILES string of the molecule is Cc1cc(C)c(CC(N)C(=O)NC2CCNc3ccc(Cc4c(C)cc(O)cc4C)cc32)c(C)c1. The number of carbonyl (C=O) groups excluding carboxylic acids is 1. The Balaban J connectivity index is 1.51. The molecule has 0 radical (unpaired) electrons. The summed E-state index contributed by atoms with van der Waals surface area (Å²) >= 11 is 0. The Labute approximate surface area is 208 Å². The highest BCUT2D eigenvalue weighted by atomic mass is 16.3. The molecule has 1 amide bonds. The van der Waals surface area contributed by atoms with Gasteiger partial charge in [-0.2, -0.15) is 0 Å². The van der Waals surface area contributed by atoms with Crippen LogP contribution in [0.4, 0.5) is 5.69 Å². The number of phenols is 1. The minimum absolute atomic E-state index is 0.0769. The first-order valence-electron chi connectivity index (χ1n) is 12.4. The van der Waals surface area contributed by atoms with Gasteiger partial charge in [0.1, 0.15) is 5.75 Å². The first-order chi connectivity index (χ1) is 16.6. The molecule has 0 aliphatic carbocycles. The Bertz CT molecular complexity index is 1220. The van der Waals surface area contributed by atoms with E-state index < -0.39 is 6.04 Å². The molecule has 5 nitrogen and oxygen atoms in total. The Kier molecular flexibility index (Phi) is 7.18. The summed E-state index contributed by atoms with van der Waals surface area (Å²) in [5, 5.41) is 16.6. The molecule has 1 heterocycles. The summed E-state index contributed by atoms with van der Waals surface area (Å²) in [6.45, 7) is 11.1. The van der Waals surface area contributed by atoms with Crippen LogP contribution in [0.1, 0.15) is 62.5 Å². The quantitative estimate of drug-likeness (QED) is 0.404. The number of phenolic OH excluding ortho intramolecular Hbond substituents is 1. The van der Waals surface area contributed by atoms with E-state index in [0.717, 1.165) is 47.3 Å². The highest BCUT2D eigenvalue weighted by Gasteiger charge is 2.25. The molecular weight excluding hydrogens is 434 g/mol. The van der Waals surface area contributed by atoms with Crippen LogP contribution in [0.5, 0.6) is 5.75 Å².